The van der Waals surface area contributed by atoms with Gasteiger partial charge in [0.05, 0.1) is 23.1 Å². The molecular weight excluding hydrogens is 428 g/mol. The molecule has 0 amide bonds. The fourth-order valence-electron chi connectivity index (χ4n) is 3.68. The number of rotatable bonds is 6. The fourth-order valence-corrected chi connectivity index (χ4v) is 3.68. The van der Waals surface area contributed by atoms with E-state index in [2.05, 4.69) is 0 Å². The molecule has 0 bridgehead atoms. The van der Waals surface area contributed by atoms with Crippen molar-refractivity contribution < 1.29 is 39.0 Å². The van der Waals surface area contributed by atoms with E-state index in [1.54, 1.807) is 12.1 Å². The number of nitrogens with zero attached hydrogens (tertiary/aromatic N) is 2. The molecule has 12 nitrogen and oxygen atoms in total. The van der Waals surface area contributed by atoms with Crippen molar-refractivity contribution in [3.63, 3.8) is 0 Å². The monoisotopic (exact) mass is 448 g/mol. The van der Waals surface area contributed by atoms with Gasteiger partial charge in [-0.3, -0.25) is 20.2 Å². The molecule has 0 spiro atoms. The molecule has 2 aliphatic heterocycles. The first kappa shape index (κ1) is 22.2. The molecular formula is C20H20N2O10. The normalized spacial score (nSPS) is 28.5. The maximum absolute atomic E-state index is 11.1. The highest BCUT2D eigenvalue weighted by atomic mass is 16.8. The molecule has 2 aromatic carbocycles. The minimum Gasteiger partial charge on any atom is -0.394 e. The largest absolute Gasteiger partial charge is 0.394 e. The number of nitro benzene ring substituents is 2. The number of benzene rings is 2. The van der Waals surface area contributed by atoms with Crippen molar-refractivity contribution in [3.05, 3.63) is 79.9 Å². The predicted octanol–water partition coefficient (Wildman–Crippen LogP) is 1.75. The van der Waals surface area contributed by atoms with Gasteiger partial charge in [0, 0.05) is 35.4 Å². The van der Waals surface area contributed by atoms with Crippen LogP contribution in [-0.2, 0) is 18.9 Å². The van der Waals surface area contributed by atoms with Crippen LogP contribution in [0.4, 0.5) is 11.4 Å². The van der Waals surface area contributed by atoms with Gasteiger partial charge in [-0.25, -0.2) is 0 Å². The van der Waals surface area contributed by atoms with Crippen LogP contribution in [0.25, 0.3) is 0 Å². The zero-order valence-corrected chi connectivity index (χ0v) is 16.6. The van der Waals surface area contributed by atoms with E-state index in [-0.39, 0.29) is 18.0 Å². The van der Waals surface area contributed by atoms with Crippen LogP contribution >= 0.6 is 0 Å². The number of hydrogen-bond acceptors (Lipinski definition) is 10. The van der Waals surface area contributed by atoms with Crippen molar-refractivity contribution in [2.45, 2.75) is 37.0 Å². The highest BCUT2D eigenvalue weighted by molar-refractivity contribution is 5.36. The highest BCUT2D eigenvalue weighted by Crippen LogP contribution is 2.39. The standard InChI is InChI=1S/C20H20N2O10/c23-9-15(24)17-18-16(30-20(31-17)12-4-2-6-14(8-12)22(27)28)10-29-19(32-18)11-3-1-5-13(7-11)21(25)26/h1-8,15-20,23-24H,9-10H2/t15-,16+,17+,18+,19?,20?/m1/s1. The molecule has 2 saturated heterocycles. The van der Waals surface area contributed by atoms with Gasteiger partial charge in [-0.1, -0.05) is 24.3 Å². The second-order valence-electron chi connectivity index (χ2n) is 7.33. The lowest BCUT2D eigenvalue weighted by molar-refractivity contribution is -0.386. The molecule has 0 aromatic heterocycles. The van der Waals surface area contributed by atoms with Crippen molar-refractivity contribution in [1.29, 1.82) is 0 Å². The second-order valence-corrected chi connectivity index (χ2v) is 7.33. The summed E-state index contributed by atoms with van der Waals surface area (Å²) in [4.78, 5) is 21.1. The van der Waals surface area contributed by atoms with Gasteiger partial charge in [-0.2, -0.15) is 0 Å². The van der Waals surface area contributed by atoms with Crippen LogP contribution < -0.4 is 0 Å². The Hall–Kier alpha value is -3.00. The van der Waals surface area contributed by atoms with Crippen LogP contribution in [0.5, 0.6) is 0 Å². The zero-order valence-electron chi connectivity index (χ0n) is 16.6. The SMILES string of the molecule is O=[N+]([O-])c1cccc(C2OC[C@@H]3OC(c4cccc([N+](=O)[O-])c4)O[C@@H]([C@H](O)CO)[C@H]3O2)c1. The average molecular weight is 448 g/mol. The Balaban J connectivity index is 1.57. The number of ether oxygens (including phenoxy) is 4. The highest BCUT2D eigenvalue weighted by Gasteiger charge is 2.48. The summed E-state index contributed by atoms with van der Waals surface area (Å²) in [5.41, 5.74) is 0.466. The molecule has 2 fully saturated rings. The summed E-state index contributed by atoms with van der Waals surface area (Å²) in [5, 5.41) is 42.0. The van der Waals surface area contributed by atoms with Crippen LogP contribution in [0, 0.1) is 20.2 Å². The van der Waals surface area contributed by atoms with Gasteiger partial charge in [-0.15, -0.1) is 0 Å². The van der Waals surface area contributed by atoms with Gasteiger partial charge in [0.15, 0.2) is 12.6 Å². The zero-order chi connectivity index (χ0) is 22.8. The van der Waals surface area contributed by atoms with E-state index in [9.17, 15) is 30.4 Å². The lowest BCUT2D eigenvalue weighted by Gasteiger charge is -2.47. The third kappa shape index (κ3) is 4.46. The van der Waals surface area contributed by atoms with E-state index in [0.717, 1.165) is 0 Å². The Kier molecular flexibility index (Phi) is 6.41. The average Bonchev–Trinajstić information content (AvgIpc) is 2.82. The van der Waals surface area contributed by atoms with Crippen LogP contribution in [0.3, 0.4) is 0 Å². The molecule has 32 heavy (non-hydrogen) atoms. The molecule has 4 rings (SSSR count). The lowest BCUT2D eigenvalue weighted by atomic mass is 9.99. The van der Waals surface area contributed by atoms with Gasteiger partial charge in [0.25, 0.3) is 11.4 Å². The van der Waals surface area contributed by atoms with E-state index in [0.29, 0.717) is 11.1 Å². The Bertz CT molecular complexity index is 1000. The Morgan fingerprint density at radius 2 is 1.53 bits per heavy atom. The van der Waals surface area contributed by atoms with E-state index >= 15 is 0 Å². The number of aliphatic hydroxyl groups is 2. The first-order valence-electron chi connectivity index (χ1n) is 9.73. The van der Waals surface area contributed by atoms with Gasteiger partial charge in [0.1, 0.15) is 24.4 Å². The summed E-state index contributed by atoms with van der Waals surface area (Å²) in [7, 11) is 0. The van der Waals surface area contributed by atoms with E-state index in [1.807, 2.05) is 0 Å². The molecule has 12 heteroatoms. The number of hydrogen-bond donors (Lipinski definition) is 2. The third-order valence-electron chi connectivity index (χ3n) is 5.23. The maximum atomic E-state index is 11.1. The van der Waals surface area contributed by atoms with Crippen LogP contribution in [0.1, 0.15) is 23.7 Å². The molecule has 2 unspecified atom stereocenters. The van der Waals surface area contributed by atoms with E-state index in [4.69, 9.17) is 18.9 Å². The van der Waals surface area contributed by atoms with E-state index < -0.39 is 53.4 Å². The summed E-state index contributed by atoms with van der Waals surface area (Å²) in [6, 6.07) is 11.4. The number of aliphatic hydroxyl groups excluding tert-OH is 2. The molecule has 6 atom stereocenters. The second kappa shape index (κ2) is 9.24. The number of non-ortho nitro benzene ring substituents is 2. The molecule has 2 aliphatic rings. The summed E-state index contributed by atoms with van der Waals surface area (Å²) < 4.78 is 23.3. The van der Waals surface area contributed by atoms with E-state index in [1.165, 1.54) is 36.4 Å². The molecule has 0 aliphatic carbocycles. The molecule has 0 radical (unpaired) electrons. The summed E-state index contributed by atoms with van der Waals surface area (Å²) in [5.74, 6) is 0. The Labute approximate surface area is 181 Å². The molecule has 0 saturated carbocycles. The van der Waals surface area contributed by atoms with Crippen LogP contribution in [0.15, 0.2) is 48.5 Å². The smallest absolute Gasteiger partial charge is 0.269 e. The van der Waals surface area contributed by atoms with Crippen molar-refractivity contribution in [2.75, 3.05) is 13.2 Å². The number of fused-ring (bicyclic) bond motifs is 1. The van der Waals surface area contributed by atoms with Crippen molar-refractivity contribution in [3.8, 4) is 0 Å². The first-order chi connectivity index (χ1) is 15.4. The van der Waals surface area contributed by atoms with Gasteiger partial charge in [-0.05, 0) is 0 Å². The molecule has 2 heterocycles. The van der Waals surface area contributed by atoms with Gasteiger partial charge >= 0.3 is 0 Å². The van der Waals surface area contributed by atoms with Crippen molar-refractivity contribution >= 4 is 11.4 Å². The maximum Gasteiger partial charge on any atom is 0.269 e. The Morgan fingerprint density at radius 1 is 0.938 bits per heavy atom. The minimum atomic E-state index is -1.34. The van der Waals surface area contributed by atoms with Crippen molar-refractivity contribution in [1.82, 2.24) is 0 Å². The third-order valence-corrected chi connectivity index (χ3v) is 5.23. The number of nitro groups is 2. The summed E-state index contributed by atoms with van der Waals surface area (Å²) in [6.07, 6.45) is -6.03. The first-order valence-corrected chi connectivity index (χ1v) is 9.73. The van der Waals surface area contributed by atoms with Gasteiger partial charge < -0.3 is 29.2 Å². The lowest BCUT2D eigenvalue weighted by Crippen LogP contribution is -2.58. The summed E-state index contributed by atoms with van der Waals surface area (Å²) in [6.45, 7) is -0.622. The van der Waals surface area contributed by atoms with Gasteiger partial charge in [0.2, 0.25) is 0 Å². The summed E-state index contributed by atoms with van der Waals surface area (Å²) >= 11 is 0. The topological polar surface area (TPSA) is 164 Å². The van der Waals surface area contributed by atoms with Crippen molar-refractivity contribution in [2.24, 2.45) is 0 Å². The molecule has 2 aromatic rings. The van der Waals surface area contributed by atoms with Crippen LogP contribution in [-0.4, -0.2) is 57.7 Å². The fraction of sp³-hybridized carbons (Fsp3) is 0.400. The quantitative estimate of drug-likeness (QED) is 0.491. The Morgan fingerprint density at radius 3 is 2.09 bits per heavy atom. The molecule has 170 valence electrons. The minimum absolute atomic E-state index is 0.00145. The van der Waals surface area contributed by atoms with Crippen LogP contribution in [0.2, 0.25) is 0 Å². The molecule has 2 N–H and O–H groups in total. The predicted molar refractivity (Wildman–Crippen MR) is 105 cm³/mol.